The summed E-state index contributed by atoms with van der Waals surface area (Å²) in [5, 5.41) is 8.90. The number of phosphoric ester groups is 1. The van der Waals surface area contributed by atoms with E-state index in [1.165, 1.54) is 89.9 Å². The SMILES string of the molecule is CCCCCCCCCCC#CC#CCCCCCCCCC(=O)OCC(COP(=O)(O)OCCO)OC(=O)CCCCCCCCC#CC#CCCCCCCCCCC. The van der Waals surface area contributed by atoms with Gasteiger partial charge in [-0.3, -0.25) is 18.6 Å². The molecule has 0 saturated carbocycles. The number of aliphatic hydroxyl groups excluding tert-OH is 1. The zero-order chi connectivity index (χ0) is 44.6. The van der Waals surface area contributed by atoms with Gasteiger partial charge in [-0.2, -0.15) is 0 Å². The molecule has 0 heterocycles. The van der Waals surface area contributed by atoms with Crippen molar-refractivity contribution in [3.63, 3.8) is 0 Å². The Morgan fingerprint density at radius 1 is 0.475 bits per heavy atom. The third-order valence-corrected chi connectivity index (χ3v) is 11.1. The second kappa shape index (κ2) is 46.7. The first-order valence-corrected chi connectivity index (χ1v) is 25.8. The molecule has 0 bridgehead atoms. The smallest absolute Gasteiger partial charge is 0.462 e. The highest BCUT2D eigenvalue weighted by molar-refractivity contribution is 7.47. The molecule has 0 fully saturated rings. The molecule has 2 atom stereocenters. The maximum atomic E-state index is 12.6. The predicted octanol–water partition coefficient (Wildman–Crippen LogP) is 12.9. The fraction of sp³-hybridized carbons (Fsp3) is 0.804. The lowest BCUT2D eigenvalue weighted by molar-refractivity contribution is -0.161. The van der Waals surface area contributed by atoms with E-state index >= 15 is 0 Å². The Morgan fingerprint density at radius 3 is 1.20 bits per heavy atom. The summed E-state index contributed by atoms with van der Waals surface area (Å²) >= 11 is 0. The fourth-order valence-electron chi connectivity index (χ4n) is 6.49. The molecule has 0 rings (SSSR count). The largest absolute Gasteiger partial charge is 0.472 e. The van der Waals surface area contributed by atoms with Gasteiger partial charge < -0.3 is 19.5 Å². The van der Waals surface area contributed by atoms with Crippen LogP contribution in [0.4, 0.5) is 0 Å². The molecule has 348 valence electrons. The average molecular weight is 873 g/mol. The van der Waals surface area contributed by atoms with Crippen LogP contribution in [0.25, 0.3) is 0 Å². The normalized spacial score (nSPS) is 12.0. The van der Waals surface area contributed by atoms with Gasteiger partial charge >= 0.3 is 19.8 Å². The number of unbranched alkanes of at least 4 members (excludes halogenated alkanes) is 28. The molecule has 0 aliphatic rings. The second-order valence-electron chi connectivity index (χ2n) is 16.0. The fourth-order valence-corrected chi connectivity index (χ4v) is 7.23. The molecule has 0 amide bonds. The van der Waals surface area contributed by atoms with E-state index < -0.39 is 45.7 Å². The summed E-state index contributed by atoms with van der Waals surface area (Å²) < 4.78 is 32.5. The van der Waals surface area contributed by atoms with Crippen LogP contribution in [0.1, 0.15) is 232 Å². The van der Waals surface area contributed by atoms with Crippen LogP contribution in [0, 0.1) is 47.4 Å². The first kappa shape index (κ1) is 58.2. The zero-order valence-electron chi connectivity index (χ0n) is 38.6. The Bertz CT molecular complexity index is 1350. The Hall–Kier alpha value is -2.75. The van der Waals surface area contributed by atoms with Crippen LogP contribution in [0.2, 0.25) is 0 Å². The van der Waals surface area contributed by atoms with Gasteiger partial charge in [0, 0.05) is 38.5 Å². The molecule has 0 aromatic heterocycles. The highest BCUT2D eigenvalue weighted by atomic mass is 31.2. The molecule has 61 heavy (non-hydrogen) atoms. The number of hydrogen-bond donors (Lipinski definition) is 2. The molecule has 0 spiro atoms. The van der Waals surface area contributed by atoms with Gasteiger partial charge in [0.25, 0.3) is 0 Å². The molecular formula is C51H85O9P. The van der Waals surface area contributed by atoms with Crippen LogP contribution in [0.5, 0.6) is 0 Å². The molecule has 10 heteroatoms. The monoisotopic (exact) mass is 873 g/mol. The Morgan fingerprint density at radius 2 is 0.820 bits per heavy atom. The Balaban J connectivity index is 4.17. The molecule has 9 nitrogen and oxygen atoms in total. The number of esters is 2. The van der Waals surface area contributed by atoms with Gasteiger partial charge in [-0.25, -0.2) is 4.57 Å². The Labute approximate surface area is 373 Å². The summed E-state index contributed by atoms with van der Waals surface area (Å²) in [4.78, 5) is 34.9. The minimum atomic E-state index is -4.48. The summed E-state index contributed by atoms with van der Waals surface area (Å²) in [7, 11) is -4.48. The number of carbonyl (C=O) groups is 2. The molecular weight excluding hydrogens is 788 g/mol. The topological polar surface area (TPSA) is 129 Å². The minimum Gasteiger partial charge on any atom is -0.462 e. The van der Waals surface area contributed by atoms with E-state index in [-0.39, 0.29) is 19.4 Å². The van der Waals surface area contributed by atoms with Gasteiger partial charge in [-0.15, -0.1) is 0 Å². The van der Waals surface area contributed by atoms with Crippen LogP contribution in [0.15, 0.2) is 0 Å². The van der Waals surface area contributed by atoms with Gasteiger partial charge in [-0.1, -0.05) is 179 Å². The van der Waals surface area contributed by atoms with E-state index in [2.05, 4.69) is 65.7 Å². The Kier molecular flexibility index (Phi) is 44.6. The highest BCUT2D eigenvalue weighted by Crippen LogP contribution is 2.43. The van der Waals surface area contributed by atoms with Crippen molar-refractivity contribution in [2.75, 3.05) is 26.4 Å². The molecule has 2 N–H and O–H groups in total. The van der Waals surface area contributed by atoms with Crippen molar-refractivity contribution < 1.29 is 42.7 Å². The van der Waals surface area contributed by atoms with Crippen molar-refractivity contribution in [3.8, 4) is 47.4 Å². The number of carbonyl (C=O) groups excluding carboxylic acids is 2. The van der Waals surface area contributed by atoms with Crippen LogP contribution >= 0.6 is 7.82 Å². The highest BCUT2D eigenvalue weighted by Gasteiger charge is 2.26. The van der Waals surface area contributed by atoms with Crippen molar-refractivity contribution in [1.29, 1.82) is 0 Å². The zero-order valence-corrected chi connectivity index (χ0v) is 39.5. The lowest BCUT2D eigenvalue weighted by Crippen LogP contribution is -2.29. The molecule has 2 unspecified atom stereocenters. The van der Waals surface area contributed by atoms with Crippen molar-refractivity contribution in [3.05, 3.63) is 0 Å². The molecule has 0 aliphatic carbocycles. The number of phosphoric acid groups is 1. The molecule has 0 aromatic rings. The predicted molar refractivity (Wildman–Crippen MR) is 249 cm³/mol. The lowest BCUT2D eigenvalue weighted by Gasteiger charge is -2.19. The molecule has 0 radical (unpaired) electrons. The van der Waals surface area contributed by atoms with Crippen molar-refractivity contribution in [2.45, 2.75) is 238 Å². The summed E-state index contributed by atoms with van der Waals surface area (Å²) in [5.41, 5.74) is 0. The number of rotatable bonds is 41. The molecule has 0 aromatic carbocycles. The first-order valence-electron chi connectivity index (χ1n) is 24.3. The van der Waals surface area contributed by atoms with E-state index in [1.807, 2.05) is 0 Å². The van der Waals surface area contributed by atoms with Gasteiger partial charge in [0.05, 0.1) is 19.8 Å². The van der Waals surface area contributed by atoms with Gasteiger partial charge in [0.15, 0.2) is 6.10 Å². The minimum absolute atomic E-state index is 0.172. The summed E-state index contributed by atoms with van der Waals surface area (Å²) in [6, 6.07) is 0. The van der Waals surface area contributed by atoms with E-state index in [0.29, 0.717) is 12.8 Å². The number of hydrogen-bond acceptors (Lipinski definition) is 8. The summed E-state index contributed by atoms with van der Waals surface area (Å²) in [5.74, 6) is 23.6. The van der Waals surface area contributed by atoms with Crippen LogP contribution < -0.4 is 0 Å². The molecule has 0 saturated heterocycles. The third-order valence-electron chi connectivity index (χ3n) is 10.2. The summed E-state index contributed by atoms with van der Waals surface area (Å²) in [6.45, 7) is 2.84. The number of aliphatic hydroxyl groups is 1. The molecule has 0 aliphatic heterocycles. The van der Waals surface area contributed by atoms with Gasteiger partial charge in [-0.05, 0) is 62.2 Å². The van der Waals surface area contributed by atoms with Crippen molar-refractivity contribution in [1.82, 2.24) is 0 Å². The van der Waals surface area contributed by atoms with Crippen LogP contribution in [0.3, 0.4) is 0 Å². The van der Waals surface area contributed by atoms with E-state index in [1.54, 1.807) is 0 Å². The standard InChI is InChI=1S/C51H85O9P/c1-3-5-7-9-11-13-15-17-19-21-23-25-27-29-31-33-35-37-39-41-43-50(53)57-47-49(48-59-61(55,56)58-46-45-52)60-51(54)44-42-40-38-36-34-32-30-28-26-24-22-20-18-16-14-12-10-8-6-4-2/h49,52H,3-20,29-48H2,1-2H3,(H,55,56). The average Bonchev–Trinajstić information content (AvgIpc) is 3.25. The van der Waals surface area contributed by atoms with E-state index in [4.69, 9.17) is 19.1 Å². The van der Waals surface area contributed by atoms with Crippen LogP contribution in [-0.4, -0.2) is 54.5 Å². The first-order chi connectivity index (χ1) is 29.8. The number of ether oxygens (including phenoxy) is 2. The lowest BCUT2D eigenvalue weighted by atomic mass is 10.1. The quantitative estimate of drug-likeness (QED) is 0.0267. The van der Waals surface area contributed by atoms with Crippen LogP contribution in [-0.2, 0) is 32.7 Å². The third kappa shape index (κ3) is 46.6. The van der Waals surface area contributed by atoms with Crippen molar-refractivity contribution >= 4 is 19.8 Å². The van der Waals surface area contributed by atoms with E-state index in [9.17, 15) is 19.0 Å². The second-order valence-corrected chi connectivity index (χ2v) is 17.5. The van der Waals surface area contributed by atoms with E-state index in [0.717, 1.165) is 103 Å². The van der Waals surface area contributed by atoms with Gasteiger partial charge in [0.2, 0.25) is 0 Å². The van der Waals surface area contributed by atoms with Gasteiger partial charge in [0.1, 0.15) is 6.61 Å². The maximum Gasteiger partial charge on any atom is 0.472 e. The van der Waals surface area contributed by atoms with Crippen molar-refractivity contribution in [2.24, 2.45) is 0 Å². The summed E-state index contributed by atoms with van der Waals surface area (Å²) in [6.07, 6.45) is 35.2. The maximum absolute atomic E-state index is 12.6.